The standard InChI is InChI=1S/C12H17N5O/c1-16-7-10(4-15-16)12-6-14-9-17(12)8-11-5-13-2-3-18-11/h4,6-7,9,11,13H,2-3,5,8H2,1H3. The molecule has 1 saturated heterocycles. The number of rotatable bonds is 3. The summed E-state index contributed by atoms with van der Waals surface area (Å²) in [5.41, 5.74) is 2.16. The van der Waals surface area contributed by atoms with Gasteiger partial charge in [0.15, 0.2) is 0 Å². The second-order valence-electron chi connectivity index (χ2n) is 4.53. The predicted molar refractivity (Wildman–Crippen MR) is 67.0 cm³/mol. The summed E-state index contributed by atoms with van der Waals surface area (Å²) in [5.74, 6) is 0. The van der Waals surface area contributed by atoms with Gasteiger partial charge in [-0.2, -0.15) is 5.10 Å². The van der Waals surface area contributed by atoms with Gasteiger partial charge in [-0.05, 0) is 0 Å². The average Bonchev–Trinajstić information content (AvgIpc) is 2.99. The van der Waals surface area contributed by atoms with Crippen LogP contribution >= 0.6 is 0 Å². The lowest BCUT2D eigenvalue weighted by molar-refractivity contribution is 0.0184. The molecule has 96 valence electrons. The van der Waals surface area contributed by atoms with Gasteiger partial charge in [-0.3, -0.25) is 4.68 Å². The summed E-state index contributed by atoms with van der Waals surface area (Å²) in [6, 6.07) is 0. The van der Waals surface area contributed by atoms with E-state index in [0.29, 0.717) is 0 Å². The van der Waals surface area contributed by atoms with Gasteiger partial charge < -0.3 is 14.6 Å². The van der Waals surface area contributed by atoms with Gasteiger partial charge in [0.05, 0.1) is 43.7 Å². The van der Waals surface area contributed by atoms with Crippen molar-refractivity contribution in [3.63, 3.8) is 0 Å². The minimum absolute atomic E-state index is 0.211. The minimum atomic E-state index is 0.211. The molecule has 6 nitrogen and oxygen atoms in total. The van der Waals surface area contributed by atoms with Crippen molar-refractivity contribution < 1.29 is 4.74 Å². The topological polar surface area (TPSA) is 56.9 Å². The Kier molecular flexibility index (Phi) is 3.12. The van der Waals surface area contributed by atoms with Crippen LogP contribution in [0.1, 0.15) is 0 Å². The molecule has 0 spiro atoms. The molecule has 3 rings (SSSR count). The number of morpholine rings is 1. The summed E-state index contributed by atoms with van der Waals surface area (Å²) < 4.78 is 9.63. The van der Waals surface area contributed by atoms with Crippen LogP contribution in [0.3, 0.4) is 0 Å². The van der Waals surface area contributed by atoms with Crippen LogP contribution in [0, 0.1) is 0 Å². The first-order chi connectivity index (χ1) is 8.83. The molecule has 6 heteroatoms. The van der Waals surface area contributed by atoms with Crippen LogP contribution in [0.2, 0.25) is 0 Å². The molecule has 1 atom stereocenters. The number of aromatic nitrogens is 4. The maximum atomic E-state index is 5.72. The Bertz CT molecular complexity index is 512. The van der Waals surface area contributed by atoms with Crippen molar-refractivity contribution in [1.82, 2.24) is 24.6 Å². The second kappa shape index (κ2) is 4.91. The van der Waals surface area contributed by atoms with Gasteiger partial charge in [-0.25, -0.2) is 4.98 Å². The SMILES string of the molecule is Cn1cc(-c2cncn2CC2CNCCO2)cn1. The number of hydrogen-bond acceptors (Lipinski definition) is 4. The van der Waals surface area contributed by atoms with Crippen molar-refractivity contribution in [1.29, 1.82) is 0 Å². The summed E-state index contributed by atoms with van der Waals surface area (Å²) in [4.78, 5) is 4.22. The minimum Gasteiger partial charge on any atom is -0.374 e. The highest BCUT2D eigenvalue weighted by Crippen LogP contribution is 2.18. The van der Waals surface area contributed by atoms with Gasteiger partial charge in [0, 0.05) is 31.9 Å². The van der Waals surface area contributed by atoms with E-state index in [-0.39, 0.29) is 6.10 Å². The Morgan fingerprint density at radius 3 is 3.17 bits per heavy atom. The largest absolute Gasteiger partial charge is 0.374 e. The lowest BCUT2D eigenvalue weighted by Gasteiger charge is -2.24. The van der Waals surface area contributed by atoms with E-state index in [4.69, 9.17) is 4.74 Å². The van der Waals surface area contributed by atoms with Crippen molar-refractivity contribution >= 4 is 0 Å². The molecule has 0 aliphatic carbocycles. The molecule has 0 aromatic carbocycles. The van der Waals surface area contributed by atoms with E-state index >= 15 is 0 Å². The van der Waals surface area contributed by atoms with Gasteiger partial charge in [0.2, 0.25) is 0 Å². The molecular weight excluding hydrogens is 230 g/mol. The Balaban J connectivity index is 1.78. The molecule has 2 aromatic rings. The van der Waals surface area contributed by atoms with E-state index in [0.717, 1.165) is 37.5 Å². The van der Waals surface area contributed by atoms with Crippen LogP contribution in [-0.2, 0) is 18.3 Å². The smallest absolute Gasteiger partial charge is 0.0951 e. The van der Waals surface area contributed by atoms with Crippen molar-refractivity contribution in [2.75, 3.05) is 19.7 Å². The highest BCUT2D eigenvalue weighted by atomic mass is 16.5. The van der Waals surface area contributed by atoms with Crippen LogP contribution in [0.15, 0.2) is 24.9 Å². The number of hydrogen-bond donors (Lipinski definition) is 1. The van der Waals surface area contributed by atoms with Crippen LogP contribution in [0.4, 0.5) is 0 Å². The fraction of sp³-hybridized carbons (Fsp3) is 0.500. The zero-order chi connectivity index (χ0) is 12.4. The molecule has 1 aliphatic rings. The maximum absolute atomic E-state index is 5.72. The Hall–Kier alpha value is -1.66. The van der Waals surface area contributed by atoms with Crippen molar-refractivity contribution in [3.05, 3.63) is 24.9 Å². The lowest BCUT2D eigenvalue weighted by atomic mass is 10.2. The zero-order valence-corrected chi connectivity index (χ0v) is 10.4. The Morgan fingerprint density at radius 1 is 1.50 bits per heavy atom. The molecule has 0 amide bonds. The Morgan fingerprint density at radius 2 is 2.44 bits per heavy atom. The highest BCUT2D eigenvalue weighted by Gasteiger charge is 2.16. The van der Waals surface area contributed by atoms with Gasteiger partial charge >= 0.3 is 0 Å². The molecule has 18 heavy (non-hydrogen) atoms. The molecule has 0 saturated carbocycles. The molecule has 0 radical (unpaired) electrons. The summed E-state index contributed by atoms with van der Waals surface area (Å²) in [6.45, 7) is 3.43. The second-order valence-corrected chi connectivity index (χ2v) is 4.53. The summed E-state index contributed by atoms with van der Waals surface area (Å²) in [7, 11) is 1.92. The molecule has 2 aromatic heterocycles. The van der Waals surface area contributed by atoms with Gasteiger partial charge in [0.1, 0.15) is 0 Å². The van der Waals surface area contributed by atoms with E-state index in [1.165, 1.54) is 0 Å². The summed E-state index contributed by atoms with van der Waals surface area (Å²) >= 11 is 0. The predicted octanol–water partition coefficient (Wildman–Crippen LogP) is 0.272. The molecule has 1 unspecified atom stereocenters. The van der Waals surface area contributed by atoms with E-state index in [2.05, 4.69) is 20.0 Å². The van der Waals surface area contributed by atoms with Crippen LogP contribution < -0.4 is 5.32 Å². The number of imidazole rings is 1. The van der Waals surface area contributed by atoms with E-state index in [1.807, 2.05) is 32.0 Å². The van der Waals surface area contributed by atoms with Crippen molar-refractivity contribution in [2.24, 2.45) is 7.05 Å². The first-order valence-corrected chi connectivity index (χ1v) is 6.14. The first-order valence-electron chi connectivity index (χ1n) is 6.14. The molecule has 1 aliphatic heterocycles. The molecule has 3 heterocycles. The zero-order valence-electron chi connectivity index (χ0n) is 10.4. The fourth-order valence-electron chi connectivity index (χ4n) is 2.22. The molecular formula is C12H17N5O. The molecule has 1 fully saturated rings. The fourth-order valence-corrected chi connectivity index (χ4v) is 2.22. The average molecular weight is 247 g/mol. The molecule has 1 N–H and O–H groups in total. The quantitative estimate of drug-likeness (QED) is 0.846. The van der Waals surface area contributed by atoms with Crippen molar-refractivity contribution in [3.8, 4) is 11.3 Å². The normalized spacial score (nSPS) is 20.2. The number of ether oxygens (including phenoxy) is 1. The third kappa shape index (κ3) is 2.30. The lowest BCUT2D eigenvalue weighted by Crippen LogP contribution is -2.40. The van der Waals surface area contributed by atoms with Crippen molar-refractivity contribution in [2.45, 2.75) is 12.6 Å². The third-order valence-corrected chi connectivity index (χ3v) is 3.12. The van der Waals surface area contributed by atoms with Gasteiger partial charge in [-0.15, -0.1) is 0 Å². The van der Waals surface area contributed by atoms with E-state index < -0.39 is 0 Å². The van der Waals surface area contributed by atoms with Gasteiger partial charge in [-0.1, -0.05) is 0 Å². The number of nitrogens with one attached hydrogen (secondary N) is 1. The maximum Gasteiger partial charge on any atom is 0.0951 e. The first kappa shape index (κ1) is 11.4. The highest BCUT2D eigenvalue weighted by molar-refractivity contribution is 5.56. The summed E-state index contributed by atoms with van der Waals surface area (Å²) in [5, 5.41) is 7.53. The number of nitrogens with zero attached hydrogens (tertiary/aromatic N) is 4. The third-order valence-electron chi connectivity index (χ3n) is 3.12. The Labute approximate surface area is 106 Å². The molecule has 0 bridgehead atoms. The van der Waals surface area contributed by atoms with E-state index in [1.54, 1.807) is 4.68 Å². The van der Waals surface area contributed by atoms with Crippen LogP contribution in [0.5, 0.6) is 0 Å². The summed E-state index contributed by atoms with van der Waals surface area (Å²) in [6.07, 6.45) is 7.78. The monoisotopic (exact) mass is 247 g/mol. The van der Waals surface area contributed by atoms with E-state index in [9.17, 15) is 0 Å². The van der Waals surface area contributed by atoms with Crippen LogP contribution in [-0.4, -0.2) is 45.1 Å². The van der Waals surface area contributed by atoms with Crippen LogP contribution in [0.25, 0.3) is 11.3 Å². The van der Waals surface area contributed by atoms with Gasteiger partial charge in [0.25, 0.3) is 0 Å². The number of aryl methyl sites for hydroxylation is 1.